The maximum absolute atomic E-state index is 11.7. The van der Waals surface area contributed by atoms with Crippen molar-refractivity contribution in [2.45, 2.75) is 32.2 Å². The van der Waals surface area contributed by atoms with Gasteiger partial charge in [0, 0.05) is 25.6 Å². The second kappa shape index (κ2) is 8.87. The fourth-order valence-electron chi connectivity index (χ4n) is 2.12. The van der Waals surface area contributed by atoms with Gasteiger partial charge in [-0.3, -0.25) is 14.5 Å². The van der Waals surface area contributed by atoms with Crippen molar-refractivity contribution in [2.75, 3.05) is 39.8 Å². The lowest BCUT2D eigenvalue weighted by molar-refractivity contribution is -0.143. The van der Waals surface area contributed by atoms with Gasteiger partial charge in [-0.15, -0.1) is 0 Å². The van der Waals surface area contributed by atoms with E-state index in [0.29, 0.717) is 38.6 Å². The third-order valence-electron chi connectivity index (χ3n) is 3.24. The van der Waals surface area contributed by atoms with Gasteiger partial charge in [-0.05, 0) is 33.4 Å². The Labute approximate surface area is 114 Å². The summed E-state index contributed by atoms with van der Waals surface area (Å²) in [5.74, 6) is -0.191. The minimum atomic E-state index is -0.203. The van der Waals surface area contributed by atoms with Gasteiger partial charge in [0.15, 0.2) is 0 Å². The molecule has 0 aromatic heterocycles. The molecule has 1 saturated heterocycles. The van der Waals surface area contributed by atoms with Crippen LogP contribution in [0, 0.1) is 0 Å². The van der Waals surface area contributed by atoms with Gasteiger partial charge in [0.05, 0.1) is 13.2 Å². The summed E-state index contributed by atoms with van der Waals surface area (Å²) < 4.78 is 4.81. The van der Waals surface area contributed by atoms with E-state index in [2.05, 4.69) is 15.5 Å². The first-order chi connectivity index (χ1) is 9.13. The van der Waals surface area contributed by atoms with E-state index in [9.17, 15) is 9.59 Å². The third-order valence-corrected chi connectivity index (χ3v) is 3.24. The number of hydrogen-bond donors (Lipinski definition) is 2. The predicted molar refractivity (Wildman–Crippen MR) is 72.8 cm³/mol. The highest BCUT2D eigenvalue weighted by molar-refractivity contribution is 5.78. The summed E-state index contributed by atoms with van der Waals surface area (Å²) in [7, 11) is 1.97. The van der Waals surface area contributed by atoms with Crippen LogP contribution in [0.1, 0.15) is 26.2 Å². The number of nitrogens with one attached hydrogen (secondary N) is 2. The fraction of sp³-hybridized carbons (Fsp3) is 0.846. The largest absolute Gasteiger partial charge is 0.466 e. The van der Waals surface area contributed by atoms with Crippen LogP contribution in [0.4, 0.5) is 0 Å². The maximum Gasteiger partial charge on any atom is 0.305 e. The van der Waals surface area contributed by atoms with E-state index in [1.165, 1.54) is 0 Å². The summed E-state index contributed by atoms with van der Waals surface area (Å²) >= 11 is 0. The standard InChI is InChI=1S/C13H25N3O3/c1-3-19-13(18)5-4-7-15-12(17)10-16(2)11-6-8-14-9-11/h11,14H,3-10H2,1-2H3,(H,15,17). The quantitative estimate of drug-likeness (QED) is 0.470. The highest BCUT2D eigenvalue weighted by Gasteiger charge is 2.20. The van der Waals surface area contributed by atoms with Gasteiger partial charge in [0.1, 0.15) is 0 Å². The number of carbonyl (C=O) groups is 2. The summed E-state index contributed by atoms with van der Waals surface area (Å²) in [6.45, 7) is 5.10. The minimum Gasteiger partial charge on any atom is -0.466 e. The Morgan fingerprint density at radius 1 is 1.47 bits per heavy atom. The molecule has 0 saturated carbocycles. The molecular formula is C13H25N3O3. The molecule has 1 amide bonds. The molecule has 0 bridgehead atoms. The Morgan fingerprint density at radius 3 is 2.89 bits per heavy atom. The molecule has 1 unspecified atom stereocenters. The van der Waals surface area contributed by atoms with Crippen molar-refractivity contribution in [1.29, 1.82) is 0 Å². The number of amides is 1. The lowest BCUT2D eigenvalue weighted by atomic mass is 10.2. The van der Waals surface area contributed by atoms with E-state index in [1.54, 1.807) is 6.92 Å². The molecule has 0 aromatic carbocycles. The summed E-state index contributed by atoms with van der Waals surface area (Å²) in [6.07, 6.45) is 2.07. The van der Waals surface area contributed by atoms with E-state index in [4.69, 9.17) is 4.74 Å². The third kappa shape index (κ3) is 6.54. The van der Waals surface area contributed by atoms with Crippen LogP contribution in [0.5, 0.6) is 0 Å². The molecule has 0 spiro atoms. The van der Waals surface area contributed by atoms with E-state index in [1.807, 2.05) is 7.05 Å². The summed E-state index contributed by atoms with van der Waals surface area (Å²) in [5, 5.41) is 6.10. The van der Waals surface area contributed by atoms with Crippen LogP contribution in [0.15, 0.2) is 0 Å². The molecule has 2 N–H and O–H groups in total. The predicted octanol–water partition coefficient (Wildman–Crippen LogP) is -0.260. The Hall–Kier alpha value is -1.14. The van der Waals surface area contributed by atoms with E-state index in [-0.39, 0.29) is 11.9 Å². The van der Waals surface area contributed by atoms with Crippen molar-refractivity contribution in [3.8, 4) is 0 Å². The first-order valence-electron chi connectivity index (χ1n) is 6.96. The van der Waals surface area contributed by atoms with Crippen LogP contribution in [-0.4, -0.2) is 62.7 Å². The number of rotatable bonds is 8. The Bertz CT molecular complexity index is 291. The second-order valence-corrected chi connectivity index (χ2v) is 4.82. The van der Waals surface area contributed by atoms with Gasteiger partial charge in [-0.2, -0.15) is 0 Å². The van der Waals surface area contributed by atoms with Crippen molar-refractivity contribution in [3.63, 3.8) is 0 Å². The number of ether oxygens (including phenoxy) is 1. The van der Waals surface area contributed by atoms with Crippen molar-refractivity contribution < 1.29 is 14.3 Å². The van der Waals surface area contributed by atoms with Crippen LogP contribution in [0.3, 0.4) is 0 Å². The SMILES string of the molecule is CCOC(=O)CCCNC(=O)CN(C)C1CCNC1. The first kappa shape index (κ1) is 15.9. The van der Waals surface area contributed by atoms with Crippen LogP contribution in [0.2, 0.25) is 0 Å². The normalized spacial score (nSPS) is 18.6. The average Bonchev–Trinajstić information content (AvgIpc) is 2.89. The van der Waals surface area contributed by atoms with E-state index in [0.717, 1.165) is 19.5 Å². The van der Waals surface area contributed by atoms with Gasteiger partial charge in [-0.1, -0.05) is 0 Å². The van der Waals surface area contributed by atoms with Gasteiger partial charge >= 0.3 is 5.97 Å². The van der Waals surface area contributed by atoms with Crippen LogP contribution >= 0.6 is 0 Å². The molecule has 0 radical (unpaired) electrons. The van der Waals surface area contributed by atoms with Crippen LogP contribution in [-0.2, 0) is 14.3 Å². The molecule has 110 valence electrons. The Morgan fingerprint density at radius 2 is 2.26 bits per heavy atom. The van der Waals surface area contributed by atoms with Crippen molar-refractivity contribution in [1.82, 2.24) is 15.5 Å². The molecule has 19 heavy (non-hydrogen) atoms. The number of nitrogens with zero attached hydrogens (tertiary/aromatic N) is 1. The molecule has 0 aliphatic carbocycles. The second-order valence-electron chi connectivity index (χ2n) is 4.82. The zero-order valence-corrected chi connectivity index (χ0v) is 11.9. The van der Waals surface area contributed by atoms with Gasteiger partial charge in [-0.25, -0.2) is 0 Å². The molecule has 0 aromatic rings. The molecule has 6 nitrogen and oxygen atoms in total. The van der Waals surface area contributed by atoms with Crippen molar-refractivity contribution in [2.24, 2.45) is 0 Å². The number of esters is 1. The topological polar surface area (TPSA) is 70.7 Å². The maximum atomic E-state index is 11.7. The Kier molecular flexibility index (Phi) is 7.43. The molecular weight excluding hydrogens is 246 g/mol. The van der Waals surface area contributed by atoms with Crippen LogP contribution in [0.25, 0.3) is 0 Å². The lowest BCUT2D eigenvalue weighted by Crippen LogP contribution is -2.41. The van der Waals surface area contributed by atoms with Gasteiger partial charge in [0.2, 0.25) is 5.91 Å². The number of hydrogen-bond acceptors (Lipinski definition) is 5. The zero-order chi connectivity index (χ0) is 14.1. The molecule has 1 aliphatic heterocycles. The molecule has 1 fully saturated rings. The zero-order valence-electron chi connectivity index (χ0n) is 11.9. The highest BCUT2D eigenvalue weighted by Crippen LogP contribution is 2.05. The Balaban J connectivity index is 2.05. The molecule has 1 aliphatic rings. The molecule has 1 heterocycles. The van der Waals surface area contributed by atoms with E-state index < -0.39 is 0 Å². The number of carbonyl (C=O) groups excluding carboxylic acids is 2. The summed E-state index contributed by atoms with van der Waals surface area (Å²) in [4.78, 5) is 24.9. The summed E-state index contributed by atoms with van der Waals surface area (Å²) in [5.41, 5.74) is 0. The van der Waals surface area contributed by atoms with E-state index >= 15 is 0 Å². The average molecular weight is 271 g/mol. The fourth-order valence-corrected chi connectivity index (χ4v) is 2.12. The van der Waals surface area contributed by atoms with Crippen LogP contribution < -0.4 is 10.6 Å². The monoisotopic (exact) mass is 271 g/mol. The molecule has 6 heteroatoms. The van der Waals surface area contributed by atoms with Crippen molar-refractivity contribution in [3.05, 3.63) is 0 Å². The first-order valence-corrected chi connectivity index (χ1v) is 6.96. The lowest BCUT2D eigenvalue weighted by Gasteiger charge is -2.22. The van der Waals surface area contributed by atoms with Crippen molar-refractivity contribution >= 4 is 11.9 Å². The van der Waals surface area contributed by atoms with Gasteiger partial charge < -0.3 is 15.4 Å². The number of likely N-dealkylation sites (N-methyl/N-ethyl adjacent to an activating group) is 1. The highest BCUT2D eigenvalue weighted by atomic mass is 16.5. The molecule has 1 rings (SSSR count). The van der Waals surface area contributed by atoms with Gasteiger partial charge in [0.25, 0.3) is 0 Å². The molecule has 1 atom stereocenters. The summed E-state index contributed by atoms with van der Waals surface area (Å²) in [6, 6.07) is 0.449. The minimum absolute atomic E-state index is 0.0123. The smallest absolute Gasteiger partial charge is 0.305 e.